The Morgan fingerprint density at radius 3 is 2.74 bits per heavy atom. The van der Waals surface area contributed by atoms with Crippen LogP contribution in [0.3, 0.4) is 0 Å². The number of β-amino-alcohol motifs (C(OH)–C–C–N with tert-alkyl or cyclic N) is 1. The number of fused-ring (bicyclic) bond motifs is 2. The summed E-state index contributed by atoms with van der Waals surface area (Å²) in [6.45, 7) is 2.19. The van der Waals surface area contributed by atoms with Crippen molar-refractivity contribution in [2.75, 3.05) is 28.7 Å². The smallest absolute Gasteiger partial charge is 0.234 e. The normalized spacial score (nSPS) is 21.7. The van der Waals surface area contributed by atoms with E-state index >= 15 is 0 Å². The van der Waals surface area contributed by atoms with Gasteiger partial charge in [-0.3, -0.25) is 9.78 Å². The molecule has 0 radical (unpaired) electrons. The van der Waals surface area contributed by atoms with Crippen LogP contribution in [0.4, 0.5) is 17.1 Å². The predicted octanol–water partition coefficient (Wildman–Crippen LogP) is 2.06. The molecule has 0 saturated carbocycles. The maximum absolute atomic E-state index is 12.3. The van der Waals surface area contributed by atoms with Gasteiger partial charge in [0.1, 0.15) is 6.17 Å². The summed E-state index contributed by atoms with van der Waals surface area (Å²) < 4.78 is 0. The molecule has 0 fully saturated rings. The molecule has 2 aromatic rings. The molecule has 0 saturated heterocycles. The van der Waals surface area contributed by atoms with E-state index in [1.807, 2.05) is 37.3 Å². The van der Waals surface area contributed by atoms with Gasteiger partial charge in [-0.05, 0) is 36.8 Å². The highest BCUT2D eigenvalue weighted by Gasteiger charge is 2.36. The first-order valence-electron chi connectivity index (χ1n) is 7.73. The van der Waals surface area contributed by atoms with Crippen LogP contribution in [0.2, 0.25) is 0 Å². The second kappa shape index (κ2) is 5.24. The Morgan fingerprint density at radius 1 is 1.26 bits per heavy atom. The fourth-order valence-electron chi connectivity index (χ4n) is 3.28. The number of hydrogen-bond donors (Lipinski definition) is 3. The van der Waals surface area contributed by atoms with Gasteiger partial charge in [0.25, 0.3) is 0 Å². The van der Waals surface area contributed by atoms with Gasteiger partial charge in [-0.25, -0.2) is 0 Å². The van der Waals surface area contributed by atoms with Crippen LogP contribution in [0.25, 0.3) is 0 Å². The molecule has 6 heteroatoms. The van der Waals surface area contributed by atoms with Crippen LogP contribution in [0, 0.1) is 0 Å². The minimum absolute atomic E-state index is 0.0407. The Bertz CT molecular complexity index is 763. The zero-order valence-electron chi connectivity index (χ0n) is 12.8. The van der Waals surface area contributed by atoms with Crippen LogP contribution < -0.4 is 15.5 Å². The molecule has 3 heterocycles. The van der Waals surface area contributed by atoms with E-state index in [2.05, 4.69) is 15.6 Å². The SMILES string of the molecule is CC1C(=O)N(CCO)c2cc3c(cc21)NC(c1ccccn1)N3. The number of rotatable bonds is 3. The van der Waals surface area contributed by atoms with Crippen LogP contribution in [0.15, 0.2) is 36.5 Å². The Kier molecular flexibility index (Phi) is 3.20. The second-order valence-corrected chi connectivity index (χ2v) is 5.87. The molecule has 2 atom stereocenters. The monoisotopic (exact) mass is 310 g/mol. The summed E-state index contributed by atoms with van der Waals surface area (Å²) in [5.74, 6) is -0.142. The molecule has 2 aliphatic heterocycles. The standard InChI is InChI=1S/C17H18N4O2/c1-10-11-8-13-14(9-15(11)21(6-7-22)17(10)23)20-16(19-13)12-4-2-3-5-18-12/h2-5,8-10,16,19-20,22H,6-7H2,1H3. The zero-order chi connectivity index (χ0) is 16.0. The van der Waals surface area contributed by atoms with Crippen LogP contribution in [-0.4, -0.2) is 29.1 Å². The van der Waals surface area contributed by atoms with Crippen molar-refractivity contribution in [1.29, 1.82) is 0 Å². The lowest BCUT2D eigenvalue weighted by Gasteiger charge is -2.16. The van der Waals surface area contributed by atoms with E-state index in [4.69, 9.17) is 0 Å². The summed E-state index contributed by atoms with van der Waals surface area (Å²) in [7, 11) is 0. The van der Waals surface area contributed by atoms with E-state index in [0.29, 0.717) is 6.54 Å². The van der Waals surface area contributed by atoms with Crippen molar-refractivity contribution in [3.05, 3.63) is 47.8 Å². The van der Waals surface area contributed by atoms with Gasteiger partial charge in [0.15, 0.2) is 0 Å². The first kappa shape index (κ1) is 14.0. The molecular formula is C17H18N4O2. The number of carbonyl (C=O) groups excluding carboxylic acids is 1. The third-order valence-electron chi connectivity index (χ3n) is 4.47. The van der Waals surface area contributed by atoms with Crippen molar-refractivity contribution >= 4 is 23.0 Å². The average Bonchev–Trinajstić information content (AvgIpc) is 3.09. The van der Waals surface area contributed by atoms with E-state index in [9.17, 15) is 9.90 Å². The predicted molar refractivity (Wildman–Crippen MR) is 88.5 cm³/mol. The van der Waals surface area contributed by atoms with Gasteiger partial charge in [-0.2, -0.15) is 0 Å². The van der Waals surface area contributed by atoms with E-state index < -0.39 is 0 Å². The molecule has 1 amide bonds. The third kappa shape index (κ3) is 2.14. The number of nitrogens with one attached hydrogen (secondary N) is 2. The van der Waals surface area contributed by atoms with Gasteiger partial charge in [0.05, 0.1) is 29.6 Å². The quantitative estimate of drug-likeness (QED) is 0.809. The number of aliphatic hydroxyl groups is 1. The topological polar surface area (TPSA) is 77.5 Å². The number of aromatic nitrogens is 1. The van der Waals surface area contributed by atoms with Crippen molar-refractivity contribution in [1.82, 2.24) is 4.98 Å². The lowest BCUT2D eigenvalue weighted by atomic mass is 10.0. The molecule has 6 nitrogen and oxygen atoms in total. The second-order valence-electron chi connectivity index (χ2n) is 5.87. The Balaban J connectivity index is 1.69. The fraction of sp³-hybridized carbons (Fsp3) is 0.294. The third-order valence-corrected chi connectivity index (χ3v) is 4.47. The lowest BCUT2D eigenvalue weighted by molar-refractivity contribution is -0.119. The van der Waals surface area contributed by atoms with Gasteiger partial charge < -0.3 is 20.6 Å². The summed E-state index contributed by atoms with van der Waals surface area (Å²) in [5, 5.41) is 16.0. The van der Waals surface area contributed by atoms with Crippen molar-refractivity contribution in [2.45, 2.75) is 19.0 Å². The van der Waals surface area contributed by atoms with Crippen molar-refractivity contribution in [3.63, 3.8) is 0 Å². The number of carbonyl (C=O) groups is 1. The lowest BCUT2D eigenvalue weighted by Crippen LogP contribution is -2.30. The van der Waals surface area contributed by atoms with Gasteiger partial charge in [-0.1, -0.05) is 6.07 Å². The molecule has 1 aromatic carbocycles. The summed E-state index contributed by atoms with van der Waals surface area (Å²) in [6, 6.07) is 9.82. The molecule has 2 aliphatic rings. The number of pyridine rings is 1. The number of hydrogen-bond acceptors (Lipinski definition) is 5. The highest BCUT2D eigenvalue weighted by Crippen LogP contribution is 2.45. The van der Waals surface area contributed by atoms with E-state index in [1.165, 1.54) is 0 Å². The van der Waals surface area contributed by atoms with Crippen LogP contribution in [0.5, 0.6) is 0 Å². The van der Waals surface area contributed by atoms with Crippen LogP contribution in [-0.2, 0) is 4.79 Å². The summed E-state index contributed by atoms with van der Waals surface area (Å²) in [5.41, 5.74) is 4.72. The van der Waals surface area contributed by atoms with Crippen molar-refractivity contribution in [3.8, 4) is 0 Å². The molecule has 0 spiro atoms. The molecular weight excluding hydrogens is 292 g/mol. The number of benzene rings is 1. The first-order valence-corrected chi connectivity index (χ1v) is 7.73. The fourth-order valence-corrected chi connectivity index (χ4v) is 3.28. The first-order chi connectivity index (χ1) is 11.2. The van der Waals surface area contributed by atoms with Gasteiger partial charge in [0.2, 0.25) is 5.91 Å². The van der Waals surface area contributed by atoms with Crippen LogP contribution in [0.1, 0.15) is 30.3 Å². The van der Waals surface area contributed by atoms with Gasteiger partial charge >= 0.3 is 0 Å². The Labute approximate surface area is 134 Å². The average molecular weight is 310 g/mol. The summed E-state index contributed by atoms with van der Waals surface area (Å²) in [4.78, 5) is 18.4. The van der Waals surface area contributed by atoms with E-state index in [0.717, 1.165) is 28.3 Å². The number of amides is 1. The number of aliphatic hydroxyl groups excluding tert-OH is 1. The molecule has 3 N–H and O–H groups in total. The minimum Gasteiger partial charge on any atom is -0.395 e. The summed E-state index contributed by atoms with van der Waals surface area (Å²) >= 11 is 0. The summed E-state index contributed by atoms with van der Waals surface area (Å²) in [6.07, 6.45) is 1.69. The highest BCUT2D eigenvalue weighted by molar-refractivity contribution is 6.06. The number of anilines is 3. The molecule has 2 unspecified atom stereocenters. The largest absolute Gasteiger partial charge is 0.395 e. The van der Waals surface area contributed by atoms with Gasteiger partial charge in [-0.15, -0.1) is 0 Å². The highest BCUT2D eigenvalue weighted by atomic mass is 16.3. The maximum atomic E-state index is 12.3. The number of nitrogens with zero attached hydrogens (tertiary/aromatic N) is 2. The molecule has 118 valence electrons. The van der Waals surface area contributed by atoms with E-state index in [-0.39, 0.29) is 24.6 Å². The Morgan fingerprint density at radius 2 is 2.04 bits per heavy atom. The molecule has 23 heavy (non-hydrogen) atoms. The Hall–Kier alpha value is -2.60. The van der Waals surface area contributed by atoms with Crippen LogP contribution >= 0.6 is 0 Å². The molecule has 0 bridgehead atoms. The molecule has 1 aromatic heterocycles. The zero-order valence-corrected chi connectivity index (χ0v) is 12.8. The van der Waals surface area contributed by atoms with E-state index in [1.54, 1.807) is 11.1 Å². The van der Waals surface area contributed by atoms with Gasteiger partial charge in [0, 0.05) is 18.4 Å². The minimum atomic E-state index is -0.183. The van der Waals surface area contributed by atoms with Crippen molar-refractivity contribution < 1.29 is 9.90 Å². The molecule has 0 aliphatic carbocycles. The van der Waals surface area contributed by atoms with Crippen molar-refractivity contribution in [2.24, 2.45) is 0 Å². The molecule has 4 rings (SSSR count). The maximum Gasteiger partial charge on any atom is 0.234 e.